The second-order valence-electron chi connectivity index (χ2n) is 10.8. The molecule has 0 fully saturated rings. The van der Waals surface area contributed by atoms with Crippen LogP contribution in [0, 0.1) is 0 Å². The van der Waals surface area contributed by atoms with Crippen molar-refractivity contribution < 1.29 is 34.1 Å². The Hall–Kier alpha value is -4.12. The van der Waals surface area contributed by atoms with E-state index in [0.717, 1.165) is 6.42 Å². The summed E-state index contributed by atoms with van der Waals surface area (Å²) < 4.78 is 12.3. The Morgan fingerprint density at radius 3 is 2.67 bits per heavy atom. The maximum Gasteiger partial charge on any atom is 0.372 e. The molecule has 2 aromatic carbocycles. The summed E-state index contributed by atoms with van der Waals surface area (Å²) in [5.74, 6) is -2.71. The van der Waals surface area contributed by atoms with Crippen LogP contribution >= 0.6 is 28.1 Å². The monoisotopic (exact) mass is 706 g/mol. The van der Waals surface area contributed by atoms with Gasteiger partial charge >= 0.3 is 5.97 Å². The zero-order valence-electron chi connectivity index (χ0n) is 25.5. The van der Waals surface area contributed by atoms with Gasteiger partial charge in [0, 0.05) is 27.2 Å². The van der Waals surface area contributed by atoms with Gasteiger partial charge in [-0.1, -0.05) is 84.0 Å². The van der Waals surface area contributed by atoms with Crippen molar-refractivity contribution in [3.05, 3.63) is 114 Å². The Morgan fingerprint density at radius 2 is 1.98 bits per heavy atom. The van der Waals surface area contributed by atoms with Gasteiger partial charge in [-0.2, -0.15) is 0 Å². The van der Waals surface area contributed by atoms with Crippen LogP contribution in [0.2, 0.25) is 0 Å². The molecule has 1 aliphatic rings. The van der Waals surface area contributed by atoms with E-state index in [4.69, 9.17) is 21.4 Å². The maximum atomic E-state index is 13.7. The number of ether oxygens (including phenoxy) is 1. The Labute approximate surface area is 280 Å². The number of ketones is 1. The minimum Gasteiger partial charge on any atom is -0.507 e. The molecule has 0 aliphatic heterocycles. The van der Waals surface area contributed by atoms with Crippen molar-refractivity contribution in [3.63, 3.8) is 0 Å². The zero-order chi connectivity index (χ0) is 33.4. The van der Waals surface area contributed by atoms with Crippen molar-refractivity contribution in [3.8, 4) is 11.5 Å². The number of unbranched alkanes of at least 4 members (excludes halogenated alkanes) is 1. The van der Waals surface area contributed by atoms with Crippen LogP contribution in [-0.4, -0.2) is 38.5 Å². The molecular formula is C36H35BrO8S. The number of allylic oxidation sites excluding steroid dienone is 3. The first kappa shape index (κ1) is 34.7. The minimum absolute atomic E-state index is 0.0324. The summed E-state index contributed by atoms with van der Waals surface area (Å²) in [4.78, 5) is 38.4. The molecule has 3 aromatic rings. The first-order chi connectivity index (χ1) is 22.0. The number of benzene rings is 2. The molecule has 0 radical (unpaired) electrons. The van der Waals surface area contributed by atoms with Gasteiger partial charge < -0.3 is 24.5 Å². The van der Waals surface area contributed by atoms with Crippen LogP contribution in [0.3, 0.4) is 0 Å². The van der Waals surface area contributed by atoms with Gasteiger partial charge in [-0.25, -0.2) is 4.79 Å². The number of hydrogen-bond donors (Lipinski definition) is 3. The van der Waals surface area contributed by atoms with Gasteiger partial charge in [0.05, 0.1) is 29.1 Å². The Bertz CT molecular complexity index is 1890. The van der Waals surface area contributed by atoms with Crippen LogP contribution in [0.1, 0.15) is 89.2 Å². The van der Waals surface area contributed by atoms with E-state index >= 15 is 0 Å². The lowest BCUT2D eigenvalue weighted by Crippen LogP contribution is -2.45. The first-order valence-electron chi connectivity index (χ1n) is 14.9. The van der Waals surface area contributed by atoms with E-state index in [0.29, 0.717) is 58.5 Å². The van der Waals surface area contributed by atoms with Gasteiger partial charge in [0.2, 0.25) is 5.76 Å². The number of carbonyl (C=O) groups is 2. The highest BCUT2D eigenvalue weighted by atomic mass is 79.9. The molecule has 2 atom stereocenters. The molecule has 46 heavy (non-hydrogen) atoms. The van der Waals surface area contributed by atoms with Crippen molar-refractivity contribution >= 4 is 56.9 Å². The third kappa shape index (κ3) is 8.17. The number of aromatic carboxylic acids is 1. The number of rotatable bonds is 14. The van der Waals surface area contributed by atoms with E-state index in [-0.39, 0.29) is 33.3 Å². The highest BCUT2D eigenvalue weighted by Crippen LogP contribution is 2.34. The number of halogens is 1. The standard InChI is InChI=1S/C36H35BrO8S/c1-3-10-26-29(17-16-25(21(2)38)33(26)40)44-18-8-6-4-5-7-13-28(32(39)22-11-9-12-23(37)19-22)31-34(41)27-15-14-24(46)20-30(27)45-35(31)36(42)43/h4-5,7,9,11-13,15-17,19-20,28,32,39-40H,3,6,8,10,14,18H2,1-2H3,(H,42,43)/b5-4-,13-7+/t28-,32-/m0/s1. The summed E-state index contributed by atoms with van der Waals surface area (Å²) in [6.45, 7) is 3.77. The molecule has 0 bridgehead atoms. The molecule has 8 nitrogen and oxygen atoms in total. The molecule has 0 spiro atoms. The number of Topliss-reactive ketones (excluding diaryl/α,β-unsaturated/α-hetero) is 1. The zero-order valence-corrected chi connectivity index (χ0v) is 27.9. The van der Waals surface area contributed by atoms with Crippen molar-refractivity contribution in [1.82, 2.24) is 0 Å². The number of carboxylic acids is 1. The molecule has 3 N–H and O–H groups in total. The first-order valence-corrected chi connectivity index (χ1v) is 16.1. The lowest BCUT2D eigenvalue weighted by molar-refractivity contribution is 0.0650. The summed E-state index contributed by atoms with van der Waals surface area (Å²) in [5.41, 5.74) is 0.784. The SMILES string of the molecule is CCCc1c(OCCC/C=C\C=C\[C@@H](c2c(C(=O)O)oc3c(c2=O)=CCC(=S)C=3)[C@@H](O)c2cccc(Br)c2)ccc(C(C)=O)c1O. The predicted octanol–water partition coefficient (Wildman–Crippen LogP) is 6.08. The summed E-state index contributed by atoms with van der Waals surface area (Å²) in [7, 11) is 0. The predicted molar refractivity (Wildman–Crippen MR) is 184 cm³/mol. The number of fused-ring (bicyclic) bond motifs is 1. The second kappa shape index (κ2) is 15.9. The average molecular weight is 708 g/mol. The fourth-order valence-electron chi connectivity index (χ4n) is 5.28. The summed E-state index contributed by atoms with van der Waals surface area (Å²) >= 11 is 8.62. The molecule has 0 saturated carbocycles. The van der Waals surface area contributed by atoms with Crippen molar-refractivity contribution in [2.24, 2.45) is 0 Å². The second-order valence-corrected chi connectivity index (χ2v) is 12.3. The summed E-state index contributed by atoms with van der Waals surface area (Å²) in [5, 5.41) is 32.3. The van der Waals surface area contributed by atoms with Crippen molar-refractivity contribution in [2.75, 3.05) is 6.61 Å². The van der Waals surface area contributed by atoms with Crippen LogP contribution in [0.25, 0.3) is 12.2 Å². The summed E-state index contributed by atoms with van der Waals surface area (Å²) in [6, 6.07) is 10.2. The molecule has 0 saturated heterocycles. The third-order valence-electron chi connectivity index (χ3n) is 7.53. The van der Waals surface area contributed by atoms with Crippen LogP contribution < -0.4 is 20.8 Å². The molecule has 1 aromatic heterocycles. The highest BCUT2D eigenvalue weighted by molar-refractivity contribution is 9.10. The fourth-order valence-corrected chi connectivity index (χ4v) is 5.89. The number of phenolic OH excluding ortho intramolecular Hbond substituents is 1. The molecule has 10 heteroatoms. The van der Waals surface area contributed by atoms with Crippen LogP contribution in [0.4, 0.5) is 0 Å². The number of hydrogen-bond acceptors (Lipinski definition) is 8. The van der Waals surface area contributed by atoms with Crippen LogP contribution in [0.15, 0.2) is 74.4 Å². The normalized spacial score (nSPS) is 14.0. The number of thiocarbonyl (C=S) groups is 1. The maximum absolute atomic E-state index is 13.7. The fraction of sp³-hybridized carbons (Fsp3) is 0.278. The molecule has 0 unspecified atom stereocenters. The molecule has 1 heterocycles. The smallest absolute Gasteiger partial charge is 0.372 e. The van der Waals surface area contributed by atoms with Gasteiger partial charge in [-0.15, -0.1) is 0 Å². The lowest BCUT2D eigenvalue weighted by atomic mass is 9.87. The number of aromatic hydroxyl groups is 1. The Balaban J connectivity index is 1.55. The largest absolute Gasteiger partial charge is 0.507 e. The van der Waals surface area contributed by atoms with E-state index in [9.17, 15) is 29.7 Å². The van der Waals surface area contributed by atoms with Gasteiger partial charge in [-0.3, -0.25) is 9.59 Å². The average Bonchev–Trinajstić information content (AvgIpc) is 3.01. The summed E-state index contributed by atoms with van der Waals surface area (Å²) in [6.07, 6.45) is 11.8. The van der Waals surface area contributed by atoms with Gasteiger partial charge in [0.15, 0.2) is 11.2 Å². The molecular weight excluding hydrogens is 672 g/mol. The van der Waals surface area contributed by atoms with Crippen LogP contribution in [0.5, 0.6) is 11.5 Å². The lowest BCUT2D eigenvalue weighted by Gasteiger charge is -2.21. The number of aliphatic hydroxyl groups is 1. The van der Waals surface area contributed by atoms with Crippen molar-refractivity contribution in [1.29, 1.82) is 0 Å². The van der Waals surface area contributed by atoms with Gasteiger partial charge in [-0.05, 0) is 62.1 Å². The number of phenols is 1. The topological polar surface area (TPSA) is 134 Å². The molecule has 4 rings (SSSR count). The van der Waals surface area contributed by atoms with E-state index in [1.54, 1.807) is 60.7 Å². The van der Waals surface area contributed by atoms with Crippen LogP contribution in [-0.2, 0) is 6.42 Å². The Morgan fingerprint density at radius 1 is 1.20 bits per heavy atom. The minimum atomic E-state index is -1.43. The number of carboxylic acid groups (broad SMARTS) is 1. The van der Waals surface area contributed by atoms with E-state index in [1.165, 1.54) is 13.0 Å². The highest BCUT2D eigenvalue weighted by Gasteiger charge is 2.31. The van der Waals surface area contributed by atoms with E-state index < -0.39 is 29.2 Å². The van der Waals surface area contributed by atoms with Crippen molar-refractivity contribution in [2.45, 2.75) is 58.0 Å². The molecule has 1 aliphatic carbocycles. The quantitative estimate of drug-likeness (QED) is 0.0789. The number of aliphatic hydroxyl groups excluding tert-OH is 1. The number of carbonyl (C=O) groups excluding carboxylic acids is 1. The van der Waals surface area contributed by atoms with E-state index in [1.807, 2.05) is 13.0 Å². The third-order valence-corrected chi connectivity index (χ3v) is 8.30. The molecule has 0 amide bonds. The van der Waals surface area contributed by atoms with Gasteiger partial charge in [0.1, 0.15) is 16.9 Å². The van der Waals surface area contributed by atoms with Gasteiger partial charge in [0.25, 0.3) is 0 Å². The molecule has 240 valence electrons. The van der Waals surface area contributed by atoms with E-state index in [2.05, 4.69) is 15.9 Å². The Kier molecular flexibility index (Phi) is 12.0.